The molecule has 88 valence electrons. The van der Waals surface area contributed by atoms with Crippen LogP contribution in [0.4, 0.5) is 0 Å². The summed E-state index contributed by atoms with van der Waals surface area (Å²) in [7, 11) is 1.59. The predicted molar refractivity (Wildman–Crippen MR) is 67.9 cm³/mol. The molecule has 0 aliphatic heterocycles. The van der Waals surface area contributed by atoms with Crippen LogP contribution in [0.1, 0.15) is 23.7 Å². The first-order chi connectivity index (χ1) is 7.63. The maximum Gasteiger partial charge on any atom is 0.167 e. The molecule has 1 rings (SSSR count). The van der Waals surface area contributed by atoms with E-state index in [1.807, 2.05) is 6.92 Å². The van der Waals surface area contributed by atoms with Crippen LogP contribution in [0, 0.1) is 5.92 Å². The van der Waals surface area contributed by atoms with E-state index in [1.165, 1.54) is 0 Å². The molecular weight excluding hydrogens is 270 g/mol. The summed E-state index contributed by atoms with van der Waals surface area (Å²) in [6, 6.07) is 5.32. The van der Waals surface area contributed by atoms with Crippen LogP contribution < -0.4 is 10.5 Å². The molecule has 1 unspecified atom stereocenters. The lowest BCUT2D eigenvalue weighted by Crippen LogP contribution is -2.23. The molecule has 0 bridgehead atoms. The third-order valence-electron chi connectivity index (χ3n) is 2.58. The average molecular weight is 286 g/mol. The van der Waals surface area contributed by atoms with Crippen LogP contribution in [0.15, 0.2) is 22.7 Å². The molecule has 1 aromatic rings. The maximum atomic E-state index is 12.0. The van der Waals surface area contributed by atoms with E-state index in [4.69, 9.17) is 10.5 Å². The number of hydrogen-bond donors (Lipinski definition) is 1. The number of nitrogens with two attached hydrogens (primary N) is 1. The van der Waals surface area contributed by atoms with Gasteiger partial charge in [-0.1, -0.05) is 6.92 Å². The van der Waals surface area contributed by atoms with Gasteiger partial charge in [0.05, 0.1) is 11.6 Å². The van der Waals surface area contributed by atoms with Crippen LogP contribution in [-0.2, 0) is 0 Å². The molecule has 2 N–H and O–H groups in total. The first kappa shape index (κ1) is 13.2. The van der Waals surface area contributed by atoms with Gasteiger partial charge in [-0.3, -0.25) is 4.79 Å². The summed E-state index contributed by atoms with van der Waals surface area (Å²) in [4.78, 5) is 12.0. The van der Waals surface area contributed by atoms with Crippen LogP contribution in [0.5, 0.6) is 5.75 Å². The summed E-state index contributed by atoms with van der Waals surface area (Å²) in [6.07, 6.45) is 0.763. The van der Waals surface area contributed by atoms with Gasteiger partial charge in [0.1, 0.15) is 5.75 Å². The quantitative estimate of drug-likeness (QED) is 0.846. The molecule has 3 nitrogen and oxygen atoms in total. The van der Waals surface area contributed by atoms with Crippen molar-refractivity contribution in [2.24, 2.45) is 11.7 Å². The summed E-state index contributed by atoms with van der Waals surface area (Å²) >= 11 is 3.36. The van der Waals surface area contributed by atoms with Gasteiger partial charge in [0.25, 0.3) is 0 Å². The van der Waals surface area contributed by atoms with Crippen LogP contribution in [-0.4, -0.2) is 19.4 Å². The summed E-state index contributed by atoms with van der Waals surface area (Å²) in [5.41, 5.74) is 6.23. The molecule has 0 aliphatic rings. The fraction of sp³-hybridized carbons (Fsp3) is 0.417. The molecule has 0 heterocycles. The number of ketones is 1. The van der Waals surface area contributed by atoms with Crippen LogP contribution >= 0.6 is 15.9 Å². The third-order valence-corrected chi connectivity index (χ3v) is 3.20. The zero-order valence-electron chi connectivity index (χ0n) is 9.50. The highest BCUT2D eigenvalue weighted by Crippen LogP contribution is 2.26. The van der Waals surface area contributed by atoms with Gasteiger partial charge in [-0.25, -0.2) is 0 Å². The van der Waals surface area contributed by atoms with E-state index in [9.17, 15) is 4.79 Å². The van der Waals surface area contributed by atoms with Crippen molar-refractivity contribution in [3.8, 4) is 5.75 Å². The monoisotopic (exact) mass is 285 g/mol. The minimum Gasteiger partial charge on any atom is -0.496 e. The number of Topliss-reactive ketones (excluding diaryl/α,β-unsaturated/α-hetero) is 1. The second-order valence-corrected chi connectivity index (χ2v) is 4.41. The highest BCUT2D eigenvalue weighted by atomic mass is 79.9. The lowest BCUT2D eigenvalue weighted by Gasteiger charge is -2.12. The first-order valence-corrected chi connectivity index (χ1v) is 6.01. The van der Waals surface area contributed by atoms with Gasteiger partial charge >= 0.3 is 0 Å². The Balaban J connectivity index is 2.96. The fourth-order valence-corrected chi connectivity index (χ4v) is 2.06. The van der Waals surface area contributed by atoms with Crippen LogP contribution in [0.25, 0.3) is 0 Å². The Labute approximate surface area is 104 Å². The number of methoxy groups -OCH3 is 1. The largest absolute Gasteiger partial charge is 0.496 e. The predicted octanol–water partition coefficient (Wildman–Crippen LogP) is 2.63. The summed E-state index contributed by atoms with van der Waals surface area (Å²) in [5.74, 6) is 0.714. The van der Waals surface area contributed by atoms with Gasteiger partial charge < -0.3 is 10.5 Å². The Hall–Kier alpha value is -0.870. The van der Waals surface area contributed by atoms with E-state index in [-0.39, 0.29) is 11.7 Å². The summed E-state index contributed by atoms with van der Waals surface area (Å²) in [5, 5.41) is 0. The van der Waals surface area contributed by atoms with Crippen LogP contribution in [0.2, 0.25) is 0 Å². The number of halogens is 1. The van der Waals surface area contributed by atoms with Gasteiger partial charge in [0.2, 0.25) is 0 Å². The van der Waals surface area contributed by atoms with Crippen molar-refractivity contribution in [1.29, 1.82) is 0 Å². The second-order valence-electron chi connectivity index (χ2n) is 3.55. The van der Waals surface area contributed by atoms with Crippen molar-refractivity contribution in [3.05, 3.63) is 28.2 Å². The Kier molecular flexibility index (Phi) is 4.96. The van der Waals surface area contributed by atoms with Crippen molar-refractivity contribution >= 4 is 21.7 Å². The van der Waals surface area contributed by atoms with E-state index >= 15 is 0 Å². The lowest BCUT2D eigenvalue weighted by molar-refractivity contribution is 0.0921. The number of hydrogen-bond acceptors (Lipinski definition) is 3. The molecule has 4 heteroatoms. The highest BCUT2D eigenvalue weighted by Gasteiger charge is 2.17. The second kappa shape index (κ2) is 6.01. The number of carbonyl (C=O) groups excluding carboxylic acids is 1. The highest BCUT2D eigenvalue weighted by molar-refractivity contribution is 9.10. The zero-order valence-corrected chi connectivity index (χ0v) is 11.1. The van der Waals surface area contributed by atoms with Crippen molar-refractivity contribution < 1.29 is 9.53 Å². The fourth-order valence-electron chi connectivity index (χ4n) is 1.51. The average Bonchev–Trinajstić information content (AvgIpc) is 2.30. The molecular formula is C12H16BrNO2. The number of carbonyl (C=O) groups is 1. The Morgan fingerprint density at radius 3 is 2.69 bits per heavy atom. The summed E-state index contributed by atoms with van der Waals surface area (Å²) in [6.45, 7) is 2.35. The normalized spacial score (nSPS) is 12.2. The molecule has 0 amide bonds. The minimum atomic E-state index is -0.0969. The maximum absolute atomic E-state index is 12.0. The number of benzene rings is 1. The van der Waals surface area contributed by atoms with E-state index in [0.717, 1.165) is 16.6 Å². The van der Waals surface area contributed by atoms with E-state index in [1.54, 1.807) is 25.3 Å². The van der Waals surface area contributed by atoms with Gasteiger partial charge in [0.15, 0.2) is 5.78 Å². The molecule has 1 aromatic carbocycles. The van der Waals surface area contributed by atoms with Crippen molar-refractivity contribution in [1.82, 2.24) is 0 Å². The van der Waals surface area contributed by atoms with E-state index < -0.39 is 0 Å². The Bertz CT molecular complexity index is 375. The zero-order chi connectivity index (χ0) is 12.1. The van der Waals surface area contributed by atoms with Crippen molar-refractivity contribution in [3.63, 3.8) is 0 Å². The molecule has 0 fully saturated rings. The molecule has 0 aliphatic carbocycles. The van der Waals surface area contributed by atoms with Gasteiger partial charge in [-0.2, -0.15) is 0 Å². The third kappa shape index (κ3) is 2.83. The standard InChI is InChI=1S/C12H16BrNO2/c1-3-8(7-14)12(15)9-4-5-11(16-2)10(13)6-9/h4-6,8H,3,7,14H2,1-2H3. The van der Waals surface area contributed by atoms with Gasteiger partial charge in [-0.05, 0) is 40.5 Å². The van der Waals surface area contributed by atoms with Gasteiger partial charge in [0, 0.05) is 18.0 Å². The Morgan fingerprint density at radius 1 is 1.56 bits per heavy atom. The number of rotatable bonds is 5. The molecule has 0 saturated carbocycles. The van der Waals surface area contributed by atoms with Gasteiger partial charge in [-0.15, -0.1) is 0 Å². The van der Waals surface area contributed by atoms with E-state index in [0.29, 0.717) is 12.1 Å². The molecule has 16 heavy (non-hydrogen) atoms. The smallest absolute Gasteiger partial charge is 0.167 e. The minimum absolute atomic E-state index is 0.0911. The van der Waals surface area contributed by atoms with Crippen molar-refractivity contribution in [2.75, 3.05) is 13.7 Å². The molecule has 0 aromatic heterocycles. The topological polar surface area (TPSA) is 52.3 Å². The molecule has 0 radical (unpaired) electrons. The number of ether oxygens (including phenoxy) is 1. The van der Waals surface area contributed by atoms with Crippen molar-refractivity contribution in [2.45, 2.75) is 13.3 Å². The van der Waals surface area contributed by atoms with Crippen LogP contribution in [0.3, 0.4) is 0 Å². The molecule has 0 spiro atoms. The summed E-state index contributed by atoms with van der Waals surface area (Å²) < 4.78 is 5.89. The lowest BCUT2D eigenvalue weighted by atomic mass is 9.95. The first-order valence-electron chi connectivity index (χ1n) is 5.21. The van der Waals surface area contributed by atoms with E-state index in [2.05, 4.69) is 15.9 Å². The Morgan fingerprint density at radius 2 is 2.25 bits per heavy atom. The molecule has 0 saturated heterocycles. The SMILES string of the molecule is CCC(CN)C(=O)c1ccc(OC)c(Br)c1. The molecule has 1 atom stereocenters.